The van der Waals surface area contributed by atoms with E-state index in [4.69, 9.17) is 16.0 Å². The van der Waals surface area contributed by atoms with Gasteiger partial charge in [-0.05, 0) is 31.3 Å². The third kappa shape index (κ3) is 5.67. The van der Waals surface area contributed by atoms with Crippen LogP contribution in [0.3, 0.4) is 0 Å². The number of hydrogen-bond acceptors (Lipinski definition) is 7. The van der Waals surface area contributed by atoms with Crippen molar-refractivity contribution in [3.05, 3.63) is 43.0 Å². The average Bonchev–Trinajstić information content (AvgIpc) is 3.07. The molecule has 0 radical (unpaired) electrons. The number of aromatic nitrogens is 2. The largest absolute Gasteiger partial charge is 0.394 e. The van der Waals surface area contributed by atoms with Crippen molar-refractivity contribution in [2.75, 3.05) is 19.7 Å². The van der Waals surface area contributed by atoms with Gasteiger partial charge in [-0.2, -0.15) is 0 Å². The lowest BCUT2D eigenvalue weighted by Gasteiger charge is -2.15. The molecule has 1 fully saturated rings. The second kappa shape index (κ2) is 10.6. The zero-order valence-electron chi connectivity index (χ0n) is 15.4. The number of carbonyl (C=O) groups is 1. The van der Waals surface area contributed by atoms with Gasteiger partial charge in [-0.25, -0.2) is 4.79 Å². The van der Waals surface area contributed by atoms with Crippen molar-refractivity contribution in [3.8, 4) is 0 Å². The van der Waals surface area contributed by atoms with Gasteiger partial charge in [-0.15, -0.1) is 0 Å². The number of hydrogen-bond donors (Lipinski definition) is 4. The number of nitrogens with two attached hydrogens (primary N) is 1. The molecule has 2 heterocycles. The molecule has 0 bridgehead atoms. The van der Waals surface area contributed by atoms with Crippen LogP contribution in [0.4, 0.5) is 0 Å². The molecular formula is C16H25N7O5. The van der Waals surface area contributed by atoms with Gasteiger partial charge < -0.3 is 20.9 Å². The van der Waals surface area contributed by atoms with Gasteiger partial charge in [0.15, 0.2) is 0 Å². The molecule has 5 N–H and O–H groups in total. The molecule has 0 saturated carbocycles. The number of H-pyrrole nitrogens is 1. The number of aliphatic hydroxyl groups is 1. The third-order valence-electron chi connectivity index (χ3n) is 4.51. The minimum atomic E-state index is -0.791. The number of azide groups is 1. The molecule has 1 aliphatic heterocycles. The number of nitrogens with zero attached hydrogens (tertiary/aromatic N) is 4. The fourth-order valence-corrected chi connectivity index (χ4v) is 2.99. The van der Waals surface area contributed by atoms with E-state index < -0.39 is 29.6 Å². The molecule has 12 heteroatoms. The summed E-state index contributed by atoms with van der Waals surface area (Å²) in [7, 11) is 0. The summed E-state index contributed by atoms with van der Waals surface area (Å²) in [6.07, 6.45) is 1.85. The Morgan fingerprint density at radius 1 is 1.50 bits per heavy atom. The minimum absolute atomic E-state index is 0.0933. The van der Waals surface area contributed by atoms with Crippen LogP contribution in [0.5, 0.6) is 0 Å². The predicted octanol–water partition coefficient (Wildman–Crippen LogP) is -0.717. The number of rotatable bonds is 10. The monoisotopic (exact) mass is 395 g/mol. The van der Waals surface area contributed by atoms with Crippen molar-refractivity contribution in [3.63, 3.8) is 0 Å². The van der Waals surface area contributed by atoms with Crippen LogP contribution in [0.15, 0.2) is 20.9 Å². The van der Waals surface area contributed by atoms with Crippen LogP contribution in [0.1, 0.15) is 37.5 Å². The quantitative estimate of drug-likeness (QED) is 0.175. The first-order valence-corrected chi connectivity index (χ1v) is 9.11. The van der Waals surface area contributed by atoms with Crippen LogP contribution in [0.25, 0.3) is 10.4 Å². The molecule has 0 unspecified atom stereocenters. The van der Waals surface area contributed by atoms with E-state index in [1.807, 2.05) is 0 Å². The summed E-state index contributed by atoms with van der Waals surface area (Å²) in [5.41, 5.74) is 13.0. The maximum atomic E-state index is 12.2. The number of carbonyl (C=O) groups excluding carboxylic acids is 1. The molecule has 0 aromatic carbocycles. The number of unbranched alkanes of at least 4 members (excludes halogenated alkanes) is 1. The van der Waals surface area contributed by atoms with Crippen LogP contribution in [-0.4, -0.2) is 52.4 Å². The lowest BCUT2D eigenvalue weighted by molar-refractivity contribution is -0.121. The van der Waals surface area contributed by atoms with Crippen LogP contribution in [0, 0.1) is 0 Å². The molecule has 28 heavy (non-hydrogen) atoms. The summed E-state index contributed by atoms with van der Waals surface area (Å²) in [5, 5.41) is 15.7. The second-order valence-electron chi connectivity index (χ2n) is 6.49. The van der Waals surface area contributed by atoms with E-state index in [2.05, 4.69) is 20.3 Å². The fourth-order valence-electron chi connectivity index (χ4n) is 2.99. The number of ether oxygens (including phenoxy) is 1. The summed E-state index contributed by atoms with van der Waals surface area (Å²) in [5.74, 6) is -0.199. The molecule has 3 atom stereocenters. The molecule has 1 saturated heterocycles. The Hall–Kier alpha value is -2.66. The van der Waals surface area contributed by atoms with Gasteiger partial charge >= 0.3 is 5.69 Å². The molecule has 0 spiro atoms. The van der Waals surface area contributed by atoms with E-state index in [9.17, 15) is 19.5 Å². The van der Waals surface area contributed by atoms with E-state index in [1.54, 1.807) is 0 Å². The highest BCUT2D eigenvalue weighted by Crippen LogP contribution is 2.29. The lowest BCUT2D eigenvalue weighted by Crippen LogP contribution is -2.35. The number of nitrogens with one attached hydrogen (secondary N) is 2. The van der Waals surface area contributed by atoms with E-state index in [0.717, 1.165) is 12.8 Å². The predicted molar refractivity (Wildman–Crippen MR) is 99.5 cm³/mol. The lowest BCUT2D eigenvalue weighted by atomic mass is 10.1. The number of aliphatic hydroxyl groups excluding tert-OH is 1. The molecule has 1 aliphatic rings. The fraction of sp³-hybridized carbons (Fsp3) is 0.688. The number of aryl methyl sites for hydroxylation is 1. The van der Waals surface area contributed by atoms with E-state index in [0.29, 0.717) is 13.1 Å². The smallest absolute Gasteiger partial charge is 0.330 e. The van der Waals surface area contributed by atoms with Crippen LogP contribution in [-0.2, 0) is 16.0 Å². The first kappa shape index (κ1) is 21.6. The van der Waals surface area contributed by atoms with E-state index in [1.165, 1.54) is 10.8 Å². The summed E-state index contributed by atoms with van der Waals surface area (Å²) in [4.78, 5) is 41.0. The summed E-state index contributed by atoms with van der Waals surface area (Å²) >= 11 is 0. The zero-order valence-corrected chi connectivity index (χ0v) is 15.4. The highest BCUT2D eigenvalue weighted by atomic mass is 16.5. The van der Waals surface area contributed by atoms with Crippen molar-refractivity contribution < 1.29 is 14.6 Å². The standard InChI is InChI=1S/C16H25N7O5/c17-5-1-2-6-19-13(25)4-3-10-8-23(16(27)20-15(10)26)14-7-11(21-22-18)12(9-24)28-14/h8,11-12,14,24H,1-7,9,17H2,(H,19,25)(H,20,26,27)/t11-,12+,14+/m0/s1. The Kier molecular flexibility index (Phi) is 8.20. The Labute approximate surface area is 160 Å². The SMILES string of the molecule is [N-]=[N+]=N[C@H]1C[C@H](n2cc(CCC(=O)NCCCCN)c(=O)[nH]c2=O)O[C@@H]1CO. The Morgan fingerprint density at radius 2 is 2.29 bits per heavy atom. The first-order valence-electron chi connectivity index (χ1n) is 9.11. The number of aromatic amines is 1. The normalized spacial score (nSPS) is 21.3. The van der Waals surface area contributed by atoms with Crippen molar-refractivity contribution in [2.45, 2.75) is 50.5 Å². The molecule has 12 nitrogen and oxygen atoms in total. The van der Waals surface area contributed by atoms with Crippen molar-refractivity contribution in [1.82, 2.24) is 14.9 Å². The highest BCUT2D eigenvalue weighted by molar-refractivity contribution is 5.76. The molecule has 0 aliphatic carbocycles. The van der Waals surface area contributed by atoms with Crippen molar-refractivity contribution >= 4 is 5.91 Å². The Morgan fingerprint density at radius 3 is 2.96 bits per heavy atom. The van der Waals surface area contributed by atoms with Gasteiger partial charge in [-0.3, -0.25) is 19.1 Å². The number of amides is 1. The van der Waals surface area contributed by atoms with E-state index >= 15 is 0 Å². The van der Waals surface area contributed by atoms with Crippen molar-refractivity contribution in [2.24, 2.45) is 10.8 Å². The Balaban J connectivity index is 2.06. The maximum Gasteiger partial charge on any atom is 0.330 e. The van der Waals surface area contributed by atoms with Gasteiger partial charge in [-0.1, -0.05) is 5.11 Å². The first-order chi connectivity index (χ1) is 13.5. The molecule has 1 aromatic rings. The summed E-state index contributed by atoms with van der Waals surface area (Å²) in [6, 6.07) is -0.624. The van der Waals surface area contributed by atoms with Gasteiger partial charge in [0, 0.05) is 36.1 Å². The maximum absolute atomic E-state index is 12.2. The third-order valence-corrected chi connectivity index (χ3v) is 4.51. The average molecular weight is 395 g/mol. The van der Waals surface area contributed by atoms with Gasteiger partial charge in [0.1, 0.15) is 6.23 Å². The molecule has 154 valence electrons. The van der Waals surface area contributed by atoms with Gasteiger partial charge in [0.25, 0.3) is 5.56 Å². The topological polar surface area (TPSA) is 188 Å². The minimum Gasteiger partial charge on any atom is -0.394 e. The van der Waals surface area contributed by atoms with E-state index in [-0.39, 0.29) is 37.3 Å². The molecule has 1 aromatic heterocycles. The van der Waals surface area contributed by atoms with Crippen molar-refractivity contribution in [1.29, 1.82) is 0 Å². The van der Waals surface area contributed by atoms with Crippen LogP contribution < -0.4 is 22.3 Å². The molecule has 1 amide bonds. The zero-order chi connectivity index (χ0) is 20.5. The molecular weight excluding hydrogens is 370 g/mol. The second-order valence-corrected chi connectivity index (χ2v) is 6.49. The molecule has 2 rings (SSSR count). The summed E-state index contributed by atoms with van der Waals surface area (Å²) < 4.78 is 6.76. The highest BCUT2D eigenvalue weighted by Gasteiger charge is 2.35. The van der Waals surface area contributed by atoms with Crippen LogP contribution in [0.2, 0.25) is 0 Å². The Bertz CT molecular complexity index is 829. The summed E-state index contributed by atoms with van der Waals surface area (Å²) in [6.45, 7) is 0.717. The van der Waals surface area contributed by atoms with Gasteiger partial charge in [0.2, 0.25) is 5.91 Å². The van der Waals surface area contributed by atoms with Gasteiger partial charge in [0.05, 0.1) is 18.8 Å². The van der Waals surface area contributed by atoms with Crippen LogP contribution >= 0.6 is 0 Å².